The molecule has 0 radical (unpaired) electrons. The van der Waals surface area contributed by atoms with Crippen LogP contribution in [-0.2, 0) is 11.2 Å². The molecule has 0 fully saturated rings. The van der Waals surface area contributed by atoms with Crippen LogP contribution in [-0.4, -0.2) is 29.9 Å². The number of methoxy groups -OCH3 is 1. The van der Waals surface area contributed by atoms with Crippen LogP contribution in [0.3, 0.4) is 0 Å². The molecule has 1 aromatic rings. The lowest BCUT2D eigenvalue weighted by Gasteiger charge is -2.09. The SMILES string of the molecule is COCC(O)CCc1ncccc1C. The van der Waals surface area contributed by atoms with Crippen LogP contribution in [0.25, 0.3) is 0 Å². The monoisotopic (exact) mass is 195 g/mol. The molecule has 14 heavy (non-hydrogen) atoms. The van der Waals surface area contributed by atoms with Crippen molar-refractivity contribution in [3.05, 3.63) is 29.6 Å². The second-order valence-corrected chi connectivity index (χ2v) is 3.41. The normalized spacial score (nSPS) is 12.8. The molecule has 0 saturated heterocycles. The van der Waals surface area contributed by atoms with Crippen LogP contribution in [0.15, 0.2) is 18.3 Å². The third-order valence-corrected chi connectivity index (χ3v) is 2.19. The summed E-state index contributed by atoms with van der Waals surface area (Å²) in [6.45, 7) is 2.43. The number of aliphatic hydroxyl groups excluding tert-OH is 1. The highest BCUT2D eigenvalue weighted by atomic mass is 16.5. The fourth-order valence-electron chi connectivity index (χ4n) is 1.36. The zero-order valence-corrected chi connectivity index (χ0v) is 8.73. The summed E-state index contributed by atoms with van der Waals surface area (Å²) in [5.74, 6) is 0. The van der Waals surface area contributed by atoms with E-state index in [0.29, 0.717) is 13.0 Å². The molecule has 1 heterocycles. The third-order valence-electron chi connectivity index (χ3n) is 2.19. The summed E-state index contributed by atoms with van der Waals surface area (Å²) in [7, 11) is 1.59. The van der Waals surface area contributed by atoms with Crippen molar-refractivity contribution in [1.29, 1.82) is 0 Å². The molecule has 1 atom stereocenters. The molecule has 0 aliphatic heterocycles. The van der Waals surface area contributed by atoms with Crippen LogP contribution in [0.4, 0.5) is 0 Å². The smallest absolute Gasteiger partial charge is 0.0777 e. The van der Waals surface area contributed by atoms with E-state index in [1.165, 1.54) is 5.56 Å². The predicted molar refractivity (Wildman–Crippen MR) is 55.2 cm³/mol. The van der Waals surface area contributed by atoms with Gasteiger partial charge in [0, 0.05) is 19.0 Å². The van der Waals surface area contributed by atoms with Crippen LogP contribution in [0.2, 0.25) is 0 Å². The van der Waals surface area contributed by atoms with Gasteiger partial charge < -0.3 is 9.84 Å². The van der Waals surface area contributed by atoms with Crippen molar-refractivity contribution in [2.24, 2.45) is 0 Å². The van der Waals surface area contributed by atoms with Gasteiger partial charge in [0.2, 0.25) is 0 Å². The molecule has 3 nitrogen and oxygen atoms in total. The van der Waals surface area contributed by atoms with E-state index in [9.17, 15) is 5.11 Å². The second kappa shape index (κ2) is 5.73. The highest BCUT2D eigenvalue weighted by molar-refractivity contribution is 5.17. The Morgan fingerprint density at radius 2 is 2.36 bits per heavy atom. The maximum absolute atomic E-state index is 9.45. The minimum atomic E-state index is -0.388. The first-order valence-corrected chi connectivity index (χ1v) is 4.81. The molecule has 0 aliphatic rings. The van der Waals surface area contributed by atoms with E-state index in [2.05, 4.69) is 4.98 Å². The lowest BCUT2D eigenvalue weighted by molar-refractivity contribution is 0.0593. The van der Waals surface area contributed by atoms with Gasteiger partial charge in [0.1, 0.15) is 0 Å². The maximum atomic E-state index is 9.45. The summed E-state index contributed by atoms with van der Waals surface area (Å²) >= 11 is 0. The van der Waals surface area contributed by atoms with Gasteiger partial charge >= 0.3 is 0 Å². The van der Waals surface area contributed by atoms with Crippen LogP contribution in [0.5, 0.6) is 0 Å². The summed E-state index contributed by atoms with van der Waals surface area (Å²) in [5, 5.41) is 9.45. The molecule has 0 spiro atoms. The van der Waals surface area contributed by atoms with Gasteiger partial charge in [-0.1, -0.05) is 6.07 Å². The van der Waals surface area contributed by atoms with Crippen molar-refractivity contribution in [2.45, 2.75) is 25.9 Å². The zero-order valence-electron chi connectivity index (χ0n) is 8.73. The van der Waals surface area contributed by atoms with Crippen LogP contribution in [0.1, 0.15) is 17.7 Å². The standard InChI is InChI=1S/C11H17NO2/c1-9-4-3-7-12-11(9)6-5-10(13)8-14-2/h3-4,7,10,13H,5-6,8H2,1-2H3. The molecule has 0 amide bonds. The third kappa shape index (κ3) is 3.44. The second-order valence-electron chi connectivity index (χ2n) is 3.41. The van der Waals surface area contributed by atoms with Crippen LogP contribution >= 0.6 is 0 Å². The van der Waals surface area contributed by atoms with Crippen molar-refractivity contribution in [3.8, 4) is 0 Å². The fourth-order valence-corrected chi connectivity index (χ4v) is 1.36. The first-order valence-electron chi connectivity index (χ1n) is 4.81. The molecule has 3 heteroatoms. The summed E-state index contributed by atoms with van der Waals surface area (Å²) in [6, 6.07) is 3.95. The summed E-state index contributed by atoms with van der Waals surface area (Å²) in [5.41, 5.74) is 2.24. The average Bonchev–Trinajstić information content (AvgIpc) is 2.17. The van der Waals surface area contributed by atoms with Crippen molar-refractivity contribution in [1.82, 2.24) is 4.98 Å². The lowest BCUT2D eigenvalue weighted by atomic mass is 10.1. The molecule has 0 bridgehead atoms. The molecule has 1 N–H and O–H groups in total. The number of aliphatic hydroxyl groups is 1. The van der Waals surface area contributed by atoms with E-state index in [1.54, 1.807) is 13.3 Å². The number of hydrogen-bond acceptors (Lipinski definition) is 3. The number of nitrogens with zero attached hydrogens (tertiary/aromatic N) is 1. The number of ether oxygens (including phenoxy) is 1. The summed E-state index contributed by atoms with van der Waals surface area (Å²) < 4.78 is 4.85. The molecular formula is C11H17NO2. The number of aromatic nitrogens is 1. The molecule has 1 unspecified atom stereocenters. The number of rotatable bonds is 5. The Labute approximate surface area is 84.7 Å². The Morgan fingerprint density at radius 1 is 1.57 bits per heavy atom. The minimum Gasteiger partial charge on any atom is -0.391 e. The predicted octanol–water partition coefficient (Wildman–Crippen LogP) is 1.33. The van der Waals surface area contributed by atoms with Crippen molar-refractivity contribution in [2.75, 3.05) is 13.7 Å². The first-order chi connectivity index (χ1) is 6.74. The molecular weight excluding hydrogens is 178 g/mol. The number of hydrogen-bond donors (Lipinski definition) is 1. The topological polar surface area (TPSA) is 42.4 Å². The van der Waals surface area contributed by atoms with Gasteiger partial charge in [-0.2, -0.15) is 0 Å². The van der Waals surface area contributed by atoms with Gasteiger partial charge in [-0.3, -0.25) is 4.98 Å². The van der Waals surface area contributed by atoms with Gasteiger partial charge in [-0.15, -0.1) is 0 Å². The van der Waals surface area contributed by atoms with Gasteiger partial charge in [0.05, 0.1) is 12.7 Å². The molecule has 1 rings (SSSR count). The minimum absolute atomic E-state index is 0.388. The Kier molecular flexibility index (Phi) is 4.56. The fraction of sp³-hybridized carbons (Fsp3) is 0.545. The van der Waals surface area contributed by atoms with Gasteiger partial charge in [0.25, 0.3) is 0 Å². The number of aryl methyl sites for hydroxylation is 2. The van der Waals surface area contributed by atoms with Gasteiger partial charge in [0.15, 0.2) is 0 Å². The highest BCUT2D eigenvalue weighted by Crippen LogP contribution is 2.07. The molecule has 78 valence electrons. The Hall–Kier alpha value is -0.930. The van der Waals surface area contributed by atoms with Crippen molar-refractivity contribution < 1.29 is 9.84 Å². The average molecular weight is 195 g/mol. The largest absolute Gasteiger partial charge is 0.391 e. The van der Waals surface area contributed by atoms with Gasteiger partial charge in [-0.25, -0.2) is 0 Å². The Balaban J connectivity index is 2.41. The quantitative estimate of drug-likeness (QED) is 0.770. The van der Waals surface area contributed by atoms with Crippen molar-refractivity contribution in [3.63, 3.8) is 0 Å². The summed E-state index contributed by atoms with van der Waals surface area (Å²) in [6.07, 6.45) is 2.90. The lowest BCUT2D eigenvalue weighted by Crippen LogP contribution is -2.15. The maximum Gasteiger partial charge on any atom is 0.0777 e. The van der Waals surface area contributed by atoms with E-state index in [0.717, 1.165) is 12.1 Å². The van der Waals surface area contributed by atoms with Crippen LogP contribution < -0.4 is 0 Å². The first kappa shape index (κ1) is 11.1. The Bertz CT molecular complexity index is 276. The van der Waals surface area contributed by atoms with E-state index < -0.39 is 0 Å². The van der Waals surface area contributed by atoms with E-state index in [-0.39, 0.29) is 6.10 Å². The highest BCUT2D eigenvalue weighted by Gasteiger charge is 2.05. The van der Waals surface area contributed by atoms with Crippen LogP contribution in [0, 0.1) is 6.92 Å². The molecule has 0 saturated carbocycles. The Morgan fingerprint density at radius 3 is 3.00 bits per heavy atom. The van der Waals surface area contributed by atoms with E-state index in [4.69, 9.17) is 4.74 Å². The summed E-state index contributed by atoms with van der Waals surface area (Å²) in [4.78, 5) is 4.26. The molecule has 1 aromatic heterocycles. The molecule has 0 aliphatic carbocycles. The number of pyridine rings is 1. The van der Waals surface area contributed by atoms with E-state index in [1.807, 2.05) is 19.1 Å². The van der Waals surface area contributed by atoms with E-state index >= 15 is 0 Å². The van der Waals surface area contributed by atoms with Crippen molar-refractivity contribution >= 4 is 0 Å². The zero-order chi connectivity index (χ0) is 10.4. The van der Waals surface area contributed by atoms with Gasteiger partial charge in [-0.05, 0) is 31.4 Å². The molecule has 0 aromatic carbocycles.